The first-order chi connectivity index (χ1) is 6.80. The summed E-state index contributed by atoms with van der Waals surface area (Å²) in [7, 11) is -4.29. The average Bonchev–Trinajstić information content (AvgIpc) is 2.05. The van der Waals surface area contributed by atoms with Crippen LogP contribution in [0.4, 0.5) is 13.2 Å². The summed E-state index contributed by atoms with van der Waals surface area (Å²) in [6, 6.07) is 2.14. The topological polar surface area (TPSA) is 69.4 Å². The maximum absolute atomic E-state index is 12.9. The summed E-state index contributed by atoms with van der Waals surface area (Å²) in [6.45, 7) is -3.12. The van der Waals surface area contributed by atoms with Crippen LogP contribution in [-0.4, -0.2) is 15.0 Å². The predicted octanol–water partition coefficient (Wildman–Crippen LogP) is 1.07. The van der Waals surface area contributed by atoms with Crippen LogP contribution in [0.2, 0.25) is 0 Å². The van der Waals surface area contributed by atoms with E-state index in [0.717, 1.165) is 6.07 Å². The first-order valence-corrected chi connectivity index (χ1v) is 5.12. The Morgan fingerprint density at radius 1 is 1.33 bits per heavy atom. The number of alkyl halides is 2. The molecule has 4 nitrogen and oxygen atoms in total. The van der Waals surface area contributed by atoms with E-state index < -0.39 is 33.1 Å². The lowest BCUT2D eigenvalue weighted by molar-refractivity contribution is -0.0500. The standard InChI is InChI=1S/C7H6F3NO3S/c8-5-2-1-4(14-7(9)10)3-6(5)15(11,12)13/h1-3,7H,(H2,11,12,13). The minimum atomic E-state index is -4.29. The molecule has 0 amide bonds. The minimum Gasteiger partial charge on any atom is -0.435 e. The highest BCUT2D eigenvalue weighted by atomic mass is 32.2. The first kappa shape index (κ1) is 11.8. The molecule has 0 heterocycles. The molecule has 0 fully saturated rings. The fraction of sp³-hybridized carbons (Fsp3) is 0.143. The molecule has 15 heavy (non-hydrogen) atoms. The smallest absolute Gasteiger partial charge is 0.387 e. The quantitative estimate of drug-likeness (QED) is 0.860. The third-order valence-corrected chi connectivity index (χ3v) is 2.36. The normalized spacial score (nSPS) is 11.8. The van der Waals surface area contributed by atoms with Crippen LogP contribution in [0.15, 0.2) is 23.1 Å². The molecular formula is C7H6F3NO3S. The van der Waals surface area contributed by atoms with Crippen molar-refractivity contribution in [2.75, 3.05) is 0 Å². The molecule has 0 radical (unpaired) electrons. The highest BCUT2D eigenvalue weighted by molar-refractivity contribution is 7.89. The number of sulfonamides is 1. The van der Waals surface area contributed by atoms with Crippen molar-refractivity contribution in [2.24, 2.45) is 5.14 Å². The average molecular weight is 241 g/mol. The van der Waals surface area contributed by atoms with E-state index in [1.54, 1.807) is 0 Å². The molecule has 2 N–H and O–H groups in total. The Hall–Kier alpha value is -1.28. The lowest BCUT2D eigenvalue weighted by atomic mass is 10.3. The molecule has 0 bridgehead atoms. The highest BCUT2D eigenvalue weighted by Crippen LogP contribution is 2.21. The van der Waals surface area contributed by atoms with Gasteiger partial charge < -0.3 is 4.74 Å². The molecule has 1 rings (SSSR count). The molecule has 0 atom stereocenters. The van der Waals surface area contributed by atoms with E-state index in [9.17, 15) is 21.6 Å². The zero-order valence-corrected chi connectivity index (χ0v) is 7.97. The third-order valence-electron chi connectivity index (χ3n) is 1.43. The van der Waals surface area contributed by atoms with E-state index in [0.29, 0.717) is 12.1 Å². The molecule has 0 saturated carbocycles. The number of primary sulfonamides is 1. The fourth-order valence-corrected chi connectivity index (χ4v) is 1.50. The van der Waals surface area contributed by atoms with Crippen LogP contribution >= 0.6 is 0 Å². The molecule has 0 aliphatic heterocycles. The second-order valence-corrected chi connectivity index (χ2v) is 4.05. The van der Waals surface area contributed by atoms with E-state index in [4.69, 9.17) is 0 Å². The molecule has 0 aromatic heterocycles. The van der Waals surface area contributed by atoms with Gasteiger partial charge in [-0.25, -0.2) is 17.9 Å². The maximum Gasteiger partial charge on any atom is 0.387 e. The van der Waals surface area contributed by atoms with Crippen molar-refractivity contribution in [3.63, 3.8) is 0 Å². The zero-order valence-electron chi connectivity index (χ0n) is 7.15. The predicted molar refractivity (Wildman–Crippen MR) is 44.4 cm³/mol. The van der Waals surface area contributed by atoms with Gasteiger partial charge >= 0.3 is 6.61 Å². The monoisotopic (exact) mass is 241 g/mol. The Morgan fingerprint density at radius 2 is 1.93 bits per heavy atom. The van der Waals surface area contributed by atoms with Gasteiger partial charge in [-0.05, 0) is 12.1 Å². The van der Waals surface area contributed by atoms with Gasteiger partial charge in [0.05, 0.1) is 0 Å². The number of rotatable bonds is 3. The second-order valence-electron chi connectivity index (χ2n) is 2.52. The third kappa shape index (κ3) is 3.10. The molecule has 1 aromatic rings. The van der Waals surface area contributed by atoms with Crippen LogP contribution in [0, 0.1) is 5.82 Å². The van der Waals surface area contributed by atoms with E-state index in [1.165, 1.54) is 0 Å². The van der Waals surface area contributed by atoms with Crippen molar-refractivity contribution >= 4 is 10.0 Å². The maximum atomic E-state index is 12.9. The molecule has 0 aliphatic rings. The molecular weight excluding hydrogens is 235 g/mol. The van der Waals surface area contributed by atoms with Crippen LogP contribution in [-0.2, 0) is 10.0 Å². The van der Waals surface area contributed by atoms with E-state index in [2.05, 4.69) is 9.88 Å². The van der Waals surface area contributed by atoms with Gasteiger partial charge in [-0.3, -0.25) is 0 Å². The number of ether oxygens (including phenoxy) is 1. The summed E-state index contributed by atoms with van der Waals surface area (Å²) in [5.41, 5.74) is 0. The number of nitrogens with two attached hydrogens (primary N) is 1. The summed E-state index contributed by atoms with van der Waals surface area (Å²) in [5.74, 6) is -1.60. The molecule has 0 aliphatic carbocycles. The second kappa shape index (κ2) is 4.07. The van der Waals surface area contributed by atoms with Crippen LogP contribution in [0.5, 0.6) is 5.75 Å². The highest BCUT2D eigenvalue weighted by Gasteiger charge is 2.16. The van der Waals surface area contributed by atoms with Crippen LogP contribution in [0.25, 0.3) is 0 Å². The van der Waals surface area contributed by atoms with Gasteiger partial charge in [-0.15, -0.1) is 0 Å². The fourth-order valence-electron chi connectivity index (χ4n) is 0.878. The van der Waals surface area contributed by atoms with Gasteiger partial charge in [0.15, 0.2) is 0 Å². The van der Waals surface area contributed by atoms with Crippen LogP contribution < -0.4 is 9.88 Å². The van der Waals surface area contributed by atoms with Gasteiger partial charge in [0.2, 0.25) is 10.0 Å². The van der Waals surface area contributed by atoms with Crippen LogP contribution in [0.3, 0.4) is 0 Å². The van der Waals surface area contributed by atoms with Crippen molar-refractivity contribution in [1.82, 2.24) is 0 Å². The van der Waals surface area contributed by atoms with Crippen LogP contribution in [0.1, 0.15) is 0 Å². The van der Waals surface area contributed by atoms with Crippen molar-refractivity contribution < 1.29 is 26.3 Å². The summed E-state index contributed by atoms with van der Waals surface area (Å²) in [4.78, 5) is -0.888. The van der Waals surface area contributed by atoms with E-state index in [1.807, 2.05) is 0 Å². The minimum absolute atomic E-state index is 0.476. The van der Waals surface area contributed by atoms with Gasteiger partial charge in [0.1, 0.15) is 16.5 Å². The lowest BCUT2D eigenvalue weighted by Gasteiger charge is -2.06. The Kier molecular flexibility index (Phi) is 3.20. The molecule has 0 spiro atoms. The largest absolute Gasteiger partial charge is 0.435 e. The molecule has 0 unspecified atom stereocenters. The molecule has 0 saturated heterocycles. The number of benzene rings is 1. The summed E-state index contributed by atoms with van der Waals surface area (Å²) < 4.78 is 61.9. The zero-order chi connectivity index (χ0) is 11.6. The number of hydrogen-bond acceptors (Lipinski definition) is 3. The summed E-state index contributed by atoms with van der Waals surface area (Å²) in [5, 5.41) is 4.65. The first-order valence-electron chi connectivity index (χ1n) is 3.58. The van der Waals surface area contributed by atoms with Gasteiger partial charge in [0, 0.05) is 6.07 Å². The van der Waals surface area contributed by atoms with Gasteiger partial charge in [0.25, 0.3) is 0 Å². The van der Waals surface area contributed by atoms with Crippen molar-refractivity contribution in [2.45, 2.75) is 11.5 Å². The molecule has 1 aromatic carbocycles. The Bertz CT molecular complexity index is 461. The van der Waals surface area contributed by atoms with E-state index >= 15 is 0 Å². The lowest BCUT2D eigenvalue weighted by Crippen LogP contribution is -2.14. The number of halogens is 3. The molecule has 8 heteroatoms. The van der Waals surface area contributed by atoms with Gasteiger partial charge in [-0.2, -0.15) is 8.78 Å². The summed E-state index contributed by atoms with van der Waals surface area (Å²) >= 11 is 0. The van der Waals surface area contributed by atoms with Crippen molar-refractivity contribution in [3.8, 4) is 5.75 Å². The number of hydrogen-bond donors (Lipinski definition) is 1. The Morgan fingerprint density at radius 3 is 2.40 bits per heavy atom. The molecule has 84 valence electrons. The Balaban J connectivity index is 3.18. The van der Waals surface area contributed by atoms with Crippen molar-refractivity contribution in [3.05, 3.63) is 24.0 Å². The van der Waals surface area contributed by atoms with E-state index in [-0.39, 0.29) is 0 Å². The van der Waals surface area contributed by atoms with Crippen molar-refractivity contribution in [1.29, 1.82) is 0 Å². The Labute approximate surface area is 83.5 Å². The SMILES string of the molecule is NS(=O)(=O)c1cc(OC(F)F)ccc1F. The summed E-state index contributed by atoms with van der Waals surface area (Å²) in [6.07, 6.45) is 0. The van der Waals surface area contributed by atoms with Gasteiger partial charge in [-0.1, -0.05) is 0 Å².